The van der Waals surface area contributed by atoms with E-state index >= 15 is 0 Å². The van der Waals surface area contributed by atoms with Crippen molar-refractivity contribution in [3.8, 4) is 0 Å². The van der Waals surface area contributed by atoms with Crippen molar-refractivity contribution < 1.29 is 9.53 Å². The van der Waals surface area contributed by atoms with Crippen molar-refractivity contribution in [2.24, 2.45) is 5.73 Å². The van der Waals surface area contributed by atoms with Crippen LogP contribution in [-0.4, -0.2) is 52.6 Å². The second kappa shape index (κ2) is 7.69. The standard InChI is InChI=1S/C19H27N5O2S/c1-3-24(2)12-6-4-11(5-7-12)23-18-16-13-8-14(17(20)25)26-9-15(13)27-19(16)22-10-21-18/h10-12,14H,3-9H2,1-2H3,(H2,20,25)(H,21,22,23)/t11?,12?,14-/m1/s1. The summed E-state index contributed by atoms with van der Waals surface area (Å²) in [6, 6.07) is 1.10. The normalized spacial score (nSPS) is 25.5. The molecule has 2 aromatic heterocycles. The van der Waals surface area contributed by atoms with Crippen LogP contribution in [0, 0.1) is 0 Å². The first-order valence-corrected chi connectivity index (χ1v) is 10.5. The van der Waals surface area contributed by atoms with E-state index < -0.39 is 12.0 Å². The van der Waals surface area contributed by atoms with Gasteiger partial charge in [0.15, 0.2) is 0 Å². The first-order valence-electron chi connectivity index (χ1n) is 9.69. The number of ether oxygens (including phenoxy) is 1. The van der Waals surface area contributed by atoms with Crippen molar-refractivity contribution in [3.63, 3.8) is 0 Å². The lowest BCUT2D eigenvalue weighted by Gasteiger charge is -2.34. The number of amides is 1. The Morgan fingerprint density at radius 3 is 2.85 bits per heavy atom. The highest BCUT2D eigenvalue weighted by Crippen LogP contribution is 2.38. The van der Waals surface area contributed by atoms with Gasteiger partial charge in [-0.15, -0.1) is 11.3 Å². The fourth-order valence-corrected chi connectivity index (χ4v) is 5.28. The number of anilines is 1. The van der Waals surface area contributed by atoms with Crippen molar-refractivity contribution in [3.05, 3.63) is 16.8 Å². The van der Waals surface area contributed by atoms with E-state index in [1.54, 1.807) is 17.7 Å². The summed E-state index contributed by atoms with van der Waals surface area (Å²) in [5, 5.41) is 4.70. The summed E-state index contributed by atoms with van der Waals surface area (Å²) < 4.78 is 5.59. The van der Waals surface area contributed by atoms with Gasteiger partial charge in [-0.1, -0.05) is 6.92 Å². The number of primary amides is 1. The molecule has 3 N–H and O–H groups in total. The highest BCUT2D eigenvalue weighted by molar-refractivity contribution is 7.18. The minimum absolute atomic E-state index is 0.412. The van der Waals surface area contributed by atoms with E-state index in [0.717, 1.165) is 45.9 Å². The number of nitrogens with two attached hydrogens (primary N) is 1. The smallest absolute Gasteiger partial charge is 0.246 e. The average molecular weight is 390 g/mol. The predicted molar refractivity (Wildman–Crippen MR) is 107 cm³/mol. The molecule has 0 aromatic carbocycles. The molecule has 1 saturated carbocycles. The van der Waals surface area contributed by atoms with Gasteiger partial charge in [0, 0.05) is 23.4 Å². The zero-order valence-electron chi connectivity index (χ0n) is 15.9. The molecule has 1 fully saturated rings. The third-order valence-electron chi connectivity index (χ3n) is 5.95. The van der Waals surface area contributed by atoms with Gasteiger partial charge in [-0.25, -0.2) is 9.97 Å². The first kappa shape index (κ1) is 18.6. The molecule has 2 aliphatic rings. The van der Waals surface area contributed by atoms with Crippen LogP contribution >= 0.6 is 11.3 Å². The van der Waals surface area contributed by atoms with Crippen molar-refractivity contribution in [2.75, 3.05) is 18.9 Å². The second-order valence-corrected chi connectivity index (χ2v) is 8.62. The third kappa shape index (κ3) is 3.66. The Morgan fingerprint density at radius 1 is 1.37 bits per heavy atom. The Morgan fingerprint density at radius 2 is 2.15 bits per heavy atom. The van der Waals surface area contributed by atoms with Crippen LogP contribution in [0.15, 0.2) is 6.33 Å². The Bertz CT molecular complexity index is 831. The molecule has 0 bridgehead atoms. The highest BCUT2D eigenvalue weighted by atomic mass is 32.1. The number of hydrogen-bond acceptors (Lipinski definition) is 7. The predicted octanol–water partition coefficient (Wildman–Crippen LogP) is 2.29. The summed E-state index contributed by atoms with van der Waals surface area (Å²) in [4.78, 5) is 25.1. The lowest BCUT2D eigenvalue weighted by molar-refractivity contribution is -0.130. The zero-order valence-corrected chi connectivity index (χ0v) is 16.7. The fourth-order valence-electron chi connectivity index (χ4n) is 4.19. The van der Waals surface area contributed by atoms with Gasteiger partial charge in [0.1, 0.15) is 23.1 Å². The van der Waals surface area contributed by atoms with E-state index in [1.807, 2.05) is 0 Å². The Labute approximate surface area is 163 Å². The lowest BCUT2D eigenvalue weighted by atomic mass is 9.90. The maximum Gasteiger partial charge on any atom is 0.246 e. The molecule has 1 atom stereocenters. The number of rotatable bonds is 5. The van der Waals surface area contributed by atoms with Crippen LogP contribution in [0.1, 0.15) is 43.0 Å². The van der Waals surface area contributed by atoms with E-state index in [2.05, 4.69) is 34.2 Å². The fraction of sp³-hybridized carbons (Fsp3) is 0.632. The largest absolute Gasteiger partial charge is 0.367 e. The van der Waals surface area contributed by atoms with Gasteiger partial charge in [0.05, 0.1) is 12.0 Å². The molecule has 0 radical (unpaired) electrons. The summed E-state index contributed by atoms with van der Waals surface area (Å²) in [5.74, 6) is 0.472. The minimum Gasteiger partial charge on any atom is -0.367 e. The molecule has 3 heterocycles. The minimum atomic E-state index is -0.566. The summed E-state index contributed by atoms with van der Waals surface area (Å²) >= 11 is 1.62. The number of nitrogens with zero attached hydrogens (tertiary/aromatic N) is 3. The van der Waals surface area contributed by atoms with Gasteiger partial charge in [0.25, 0.3) is 0 Å². The van der Waals surface area contributed by atoms with Crippen molar-refractivity contribution in [1.82, 2.24) is 14.9 Å². The van der Waals surface area contributed by atoms with E-state index in [4.69, 9.17) is 10.5 Å². The average Bonchev–Trinajstić information content (AvgIpc) is 3.06. The molecule has 4 rings (SSSR count). The maximum absolute atomic E-state index is 11.6. The van der Waals surface area contributed by atoms with E-state index in [1.165, 1.54) is 12.8 Å². The van der Waals surface area contributed by atoms with Gasteiger partial charge < -0.3 is 20.7 Å². The number of thiophene rings is 1. The molecule has 1 aliphatic heterocycles. The molecule has 8 heteroatoms. The zero-order chi connectivity index (χ0) is 19.0. The van der Waals surface area contributed by atoms with Crippen LogP contribution in [0.3, 0.4) is 0 Å². The van der Waals surface area contributed by atoms with Crippen LogP contribution in [0.5, 0.6) is 0 Å². The number of carbonyl (C=O) groups is 1. The number of hydrogen-bond donors (Lipinski definition) is 2. The monoisotopic (exact) mass is 389 g/mol. The Kier molecular flexibility index (Phi) is 5.29. The molecule has 1 amide bonds. The molecule has 7 nitrogen and oxygen atoms in total. The summed E-state index contributed by atoms with van der Waals surface area (Å²) in [7, 11) is 2.21. The number of carbonyl (C=O) groups excluding carboxylic acids is 1. The van der Waals surface area contributed by atoms with Crippen molar-refractivity contribution >= 4 is 33.3 Å². The van der Waals surface area contributed by atoms with Gasteiger partial charge in [-0.3, -0.25) is 4.79 Å². The van der Waals surface area contributed by atoms with Crippen molar-refractivity contribution in [2.45, 2.75) is 63.8 Å². The van der Waals surface area contributed by atoms with Crippen LogP contribution < -0.4 is 11.1 Å². The number of nitrogens with one attached hydrogen (secondary N) is 1. The Balaban J connectivity index is 1.55. The third-order valence-corrected chi connectivity index (χ3v) is 7.07. The summed E-state index contributed by atoms with van der Waals surface area (Å²) in [5.41, 5.74) is 6.58. The van der Waals surface area contributed by atoms with E-state index in [0.29, 0.717) is 25.1 Å². The molecule has 27 heavy (non-hydrogen) atoms. The van der Waals surface area contributed by atoms with Gasteiger partial charge >= 0.3 is 0 Å². The Hall–Kier alpha value is -1.77. The van der Waals surface area contributed by atoms with Crippen LogP contribution in [-0.2, 0) is 22.6 Å². The first-order chi connectivity index (χ1) is 13.1. The lowest BCUT2D eigenvalue weighted by Crippen LogP contribution is -2.38. The summed E-state index contributed by atoms with van der Waals surface area (Å²) in [6.07, 6.45) is 6.24. The number of aromatic nitrogens is 2. The SMILES string of the molecule is CCN(C)C1CCC(Nc2ncnc3sc4c(c23)C[C@H](C(N)=O)OC4)CC1. The van der Waals surface area contributed by atoms with E-state index in [9.17, 15) is 4.79 Å². The van der Waals surface area contributed by atoms with Crippen molar-refractivity contribution in [1.29, 1.82) is 0 Å². The topological polar surface area (TPSA) is 93.4 Å². The molecule has 0 saturated heterocycles. The molecule has 146 valence electrons. The quantitative estimate of drug-likeness (QED) is 0.815. The summed E-state index contributed by atoms with van der Waals surface area (Å²) in [6.45, 7) is 3.72. The second-order valence-electron chi connectivity index (χ2n) is 7.54. The van der Waals surface area contributed by atoms with Crippen LogP contribution in [0.25, 0.3) is 10.2 Å². The molecule has 2 aromatic rings. The van der Waals surface area contributed by atoms with Gasteiger partial charge in [-0.2, -0.15) is 0 Å². The molecular weight excluding hydrogens is 362 g/mol. The van der Waals surface area contributed by atoms with Crippen LogP contribution in [0.2, 0.25) is 0 Å². The van der Waals surface area contributed by atoms with E-state index in [-0.39, 0.29) is 0 Å². The molecule has 0 unspecified atom stereocenters. The van der Waals surface area contributed by atoms with Gasteiger partial charge in [0.2, 0.25) is 5.91 Å². The molecule has 1 aliphatic carbocycles. The van der Waals surface area contributed by atoms with Gasteiger partial charge in [-0.05, 0) is 44.8 Å². The maximum atomic E-state index is 11.6. The highest BCUT2D eigenvalue weighted by Gasteiger charge is 2.30. The number of fused-ring (bicyclic) bond motifs is 3. The molecule has 0 spiro atoms. The van der Waals surface area contributed by atoms with Crippen LogP contribution in [0.4, 0.5) is 5.82 Å². The molecular formula is C19H27N5O2S.